The van der Waals surface area contributed by atoms with Gasteiger partial charge in [-0.05, 0) is 29.8 Å². The van der Waals surface area contributed by atoms with Gasteiger partial charge < -0.3 is 19.5 Å². The summed E-state index contributed by atoms with van der Waals surface area (Å²) >= 11 is 5.98. The van der Waals surface area contributed by atoms with Crippen LogP contribution in [-0.2, 0) is 14.8 Å². The van der Waals surface area contributed by atoms with E-state index in [-0.39, 0.29) is 15.5 Å². The van der Waals surface area contributed by atoms with Crippen LogP contribution in [-0.4, -0.2) is 40.7 Å². The Morgan fingerprint density at radius 2 is 1.85 bits per heavy atom. The lowest BCUT2D eigenvalue weighted by Crippen LogP contribution is -2.36. The van der Waals surface area contributed by atoms with Crippen LogP contribution in [0.3, 0.4) is 0 Å². The SMILES string of the molecule is O=C([O-])c1ccc(Cl)c(S(=O)(=O)Nc2ccccc2N2CCOCC2)c1. The molecule has 138 valence electrons. The van der Waals surface area contributed by atoms with Gasteiger partial charge in [-0.3, -0.25) is 4.72 Å². The van der Waals surface area contributed by atoms with Crippen molar-refractivity contribution in [1.82, 2.24) is 0 Å². The number of sulfonamides is 1. The van der Waals surface area contributed by atoms with E-state index in [1.165, 1.54) is 12.1 Å². The molecular formula is C17H16ClN2O5S-. The van der Waals surface area contributed by atoms with Crippen LogP contribution >= 0.6 is 11.6 Å². The molecule has 0 bridgehead atoms. The lowest BCUT2D eigenvalue weighted by atomic mass is 10.2. The Bertz CT molecular complexity index is 927. The Morgan fingerprint density at radius 3 is 2.54 bits per heavy atom. The van der Waals surface area contributed by atoms with Gasteiger partial charge in [0.25, 0.3) is 10.0 Å². The molecule has 3 rings (SSSR count). The quantitative estimate of drug-likeness (QED) is 0.820. The Labute approximate surface area is 156 Å². The molecular weight excluding hydrogens is 380 g/mol. The van der Waals surface area contributed by atoms with E-state index in [0.717, 1.165) is 6.07 Å². The molecule has 0 unspecified atom stereocenters. The van der Waals surface area contributed by atoms with Crippen molar-refractivity contribution >= 4 is 39.0 Å². The van der Waals surface area contributed by atoms with E-state index in [1.807, 2.05) is 17.0 Å². The summed E-state index contributed by atoms with van der Waals surface area (Å²) in [5.41, 5.74) is 0.826. The van der Waals surface area contributed by atoms with Gasteiger partial charge in [0, 0.05) is 13.1 Å². The number of carboxylic acids is 1. The number of hydrogen-bond donors (Lipinski definition) is 1. The second kappa shape index (κ2) is 7.53. The molecule has 0 amide bonds. The average Bonchev–Trinajstić information content (AvgIpc) is 2.62. The molecule has 7 nitrogen and oxygen atoms in total. The maximum atomic E-state index is 12.8. The fraction of sp³-hybridized carbons (Fsp3) is 0.235. The maximum Gasteiger partial charge on any atom is 0.263 e. The van der Waals surface area contributed by atoms with Gasteiger partial charge in [0.2, 0.25) is 0 Å². The lowest BCUT2D eigenvalue weighted by molar-refractivity contribution is -0.255. The number of nitrogens with zero attached hydrogens (tertiary/aromatic N) is 1. The molecule has 1 aliphatic heterocycles. The predicted octanol–water partition coefficient (Wildman–Crippen LogP) is 1.34. The highest BCUT2D eigenvalue weighted by atomic mass is 35.5. The molecule has 1 heterocycles. The molecule has 0 atom stereocenters. The van der Waals surface area contributed by atoms with Crippen molar-refractivity contribution in [1.29, 1.82) is 0 Å². The standard InChI is InChI=1S/C17H17ClN2O5S/c18-13-6-5-12(17(21)22)11-16(13)26(23,24)19-14-3-1-2-4-15(14)20-7-9-25-10-8-20/h1-6,11,19H,7-10H2,(H,21,22)/p-1. The number of carboxylic acid groups (broad SMARTS) is 1. The van der Waals surface area contributed by atoms with Crippen molar-refractivity contribution in [3.63, 3.8) is 0 Å². The first-order valence-corrected chi connectivity index (χ1v) is 9.70. The number of anilines is 2. The first kappa shape index (κ1) is 18.5. The summed E-state index contributed by atoms with van der Waals surface area (Å²) in [6, 6.07) is 10.4. The summed E-state index contributed by atoms with van der Waals surface area (Å²) in [6.45, 7) is 2.39. The zero-order valence-electron chi connectivity index (χ0n) is 13.6. The second-order valence-corrected chi connectivity index (χ2v) is 7.71. The summed E-state index contributed by atoms with van der Waals surface area (Å²) in [5.74, 6) is -1.48. The zero-order chi connectivity index (χ0) is 18.7. The normalized spacial score (nSPS) is 14.9. The summed E-state index contributed by atoms with van der Waals surface area (Å²) in [4.78, 5) is 12.7. The summed E-state index contributed by atoms with van der Waals surface area (Å²) in [6.07, 6.45) is 0. The number of ether oxygens (including phenoxy) is 1. The van der Waals surface area contributed by atoms with Crippen LogP contribution in [0.4, 0.5) is 11.4 Å². The number of carbonyl (C=O) groups is 1. The minimum Gasteiger partial charge on any atom is -0.545 e. The van der Waals surface area contributed by atoms with E-state index in [0.29, 0.717) is 37.7 Å². The third kappa shape index (κ3) is 3.92. The minimum absolute atomic E-state index is 0.0775. The molecule has 0 spiro atoms. The molecule has 0 aliphatic carbocycles. The Hall–Kier alpha value is -2.29. The number of rotatable bonds is 5. The molecule has 2 aromatic rings. The van der Waals surface area contributed by atoms with Crippen LogP contribution in [0.2, 0.25) is 5.02 Å². The third-order valence-electron chi connectivity index (χ3n) is 3.96. The fourth-order valence-corrected chi connectivity index (χ4v) is 4.28. The number of para-hydroxylation sites is 2. The summed E-state index contributed by atoms with van der Waals surface area (Å²) in [7, 11) is -4.09. The molecule has 1 N–H and O–H groups in total. The van der Waals surface area contributed by atoms with Gasteiger partial charge >= 0.3 is 0 Å². The van der Waals surface area contributed by atoms with Gasteiger partial charge in [0.15, 0.2) is 0 Å². The second-order valence-electron chi connectivity index (χ2n) is 5.65. The van der Waals surface area contributed by atoms with Crippen LogP contribution < -0.4 is 14.7 Å². The summed E-state index contributed by atoms with van der Waals surface area (Å²) < 4.78 is 33.4. The highest BCUT2D eigenvalue weighted by Gasteiger charge is 2.22. The van der Waals surface area contributed by atoms with Gasteiger partial charge in [-0.1, -0.05) is 29.8 Å². The molecule has 1 saturated heterocycles. The molecule has 0 saturated carbocycles. The van der Waals surface area contributed by atoms with E-state index in [9.17, 15) is 18.3 Å². The van der Waals surface area contributed by atoms with E-state index < -0.39 is 16.0 Å². The van der Waals surface area contributed by atoms with E-state index in [4.69, 9.17) is 16.3 Å². The monoisotopic (exact) mass is 395 g/mol. The van der Waals surface area contributed by atoms with Crippen molar-refractivity contribution in [3.05, 3.63) is 53.1 Å². The summed E-state index contributed by atoms with van der Waals surface area (Å²) in [5, 5.41) is 10.9. The maximum absolute atomic E-state index is 12.8. The molecule has 26 heavy (non-hydrogen) atoms. The van der Waals surface area contributed by atoms with Gasteiger partial charge in [-0.15, -0.1) is 0 Å². The smallest absolute Gasteiger partial charge is 0.263 e. The third-order valence-corrected chi connectivity index (χ3v) is 5.80. The van der Waals surface area contributed by atoms with E-state index in [1.54, 1.807) is 12.1 Å². The first-order valence-electron chi connectivity index (χ1n) is 7.84. The Kier molecular flexibility index (Phi) is 5.36. The molecule has 0 aromatic heterocycles. The van der Waals surface area contributed by atoms with Crippen LogP contribution in [0.15, 0.2) is 47.4 Å². The largest absolute Gasteiger partial charge is 0.545 e. The highest BCUT2D eigenvalue weighted by molar-refractivity contribution is 7.92. The Balaban J connectivity index is 1.96. The van der Waals surface area contributed by atoms with Crippen molar-refractivity contribution < 1.29 is 23.1 Å². The molecule has 0 radical (unpaired) electrons. The van der Waals surface area contributed by atoms with Crippen LogP contribution in [0, 0.1) is 0 Å². The first-order chi connectivity index (χ1) is 12.4. The Morgan fingerprint density at radius 1 is 1.15 bits per heavy atom. The predicted molar refractivity (Wildman–Crippen MR) is 96.1 cm³/mol. The topological polar surface area (TPSA) is 98.8 Å². The van der Waals surface area contributed by atoms with Crippen LogP contribution in [0.25, 0.3) is 0 Å². The van der Waals surface area contributed by atoms with Crippen molar-refractivity contribution in [2.45, 2.75) is 4.90 Å². The van der Waals surface area contributed by atoms with Crippen molar-refractivity contribution in [2.75, 3.05) is 35.9 Å². The van der Waals surface area contributed by atoms with Crippen molar-refractivity contribution in [2.24, 2.45) is 0 Å². The van der Waals surface area contributed by atoms with Gasteiger partial charge in [-0.25, -0.2) is 8.42 Å². The number of aromatic carboxylic acids is 1. The minimum atomic E-state index is -4.09. The number of halogens is 1. The number of nitrogens with one attached hydrogen (secondary N) is 1. The zero-order valence-corrected chi connectivity index (χ0v) is 15.2. The van der Waals surface area contributed by atoms with Crippen LogP contribution in [0.5, 0.6) is 0 Å². The van der Waals surface area contributed by atoms with Crippen molar-refractivity contribution in [3.8, 4) is 0 Å². The van der Waals surface area contributed by atoms with Gasteiger partial charge in [-0.2, -0.15) is 0 Å². The average molecular weight is 396 g/mol. The van der Waals surface area contributed by atoms with E-state index in [2.05, 4.69) is 4.72 Å². The molecule has 1 fully saturated rings. The number of morpholine rings is 1. The van der Waals surface area contributed by atoms with Crippen LogP contribution in [0.1, 0.15) is 10.4 Å². The molecule has 1 aliphatic rings. The molecule has 2 aromatic carbocycles. The highest BCUT2D eigenvalue weighted by Crippen LogP contribution is 2.30. The number of carbonyl (C=O) groups excluding carboxylic acids is 1. The number of benzene rings is 2. The van der Waals surface area contributed by atoms with Gasteiger partial charge in [0.05, 0.1) is 35.6 Å². The lowest BCUT2D eigenvalue weighted by Gasteiger charge is -2.30. The van der Waals surface area contributed by atoms with Gasteiger partial charge in [0.1, 0.15) is 4.90 Å². The molecule has 9 heteroatoms. The number of hydrogen-bond acceptors (Lipinski definition) is 6. The fourth-order valence-electron chi connectivity index (χ4n) is 2.68. The van der Waals surface area contributed by atoms with E-state index >= 15 is 0 Å².